The molecule has 2 aromatic rings. The number of fused-ring (bicyclic) bond motifs is 1. The molecule has 0 N–H and O–H groups in total. The number of benzene rings is 2. The van der Waals surface area contributed by atoms with E-state index in [2.05, 4.69) is 74.2 Å². The van der Waals surface area contributed by atoms with Crippen molar-refractivity contribution >= 4 is 5.91 Å². The number of unbranched alkanes of at least 4 members (excludes halogenated alkanes) is 1. The number of hydrogen-bond acceptors (Lipinski definition) is 1. The molecule has 26 heavy (non-hydrogen) atoms. The first-order valence-corrected chi connectivity index (χ1v) is 10.1. The number of aryl methyl sites for hydroxylation is 1. The molecule has 3 rings (SSSR count). The molecule has 0 saturated heterocycles. The van der Waals surface area contributed by atoms with Crippen molar-refractivity contribution in [3.63, 3.8) is 0 Å². The molecule has 1 amide bonds. The summed E-state index contributed by atoms with van der Waals surface area (Å²) in [4.78, 5) is 15.6. The quantitative estimate of drug-likeness (QED) is 0.656. The smallest absolute Gasteiger partial charge is 0.226 e. The Morgan fingerprint density at radius 2 is 1.85 bits per heavy atom. The molecule has 1 aliphatic rings. The number of carbonyl (C=O) groups excluding carboxylic acids is 1. The molecule has 0 spiro atoms. The third kappa shape index (κ3) is 3.85. The Bertz CT molecular complexity index is 734. The van der Waals surface area contributed by atoms with Crippen molar-refractivity contribution in [1.29, 1.82) is 0 Å². The molecule has 2 aromatic carbocycles. The minimum absolute atomic E-state index is 0.0451. The van der Waals surface area contributed by atoms with Crippen LogP contribution in [0.1, 0.15) is 67.8 Å². The van der Waals surface area contributed by atoms with Crippen LogP contribution in [0.5, 0.6) is 0 Å². The summed E-state index contributed by atoms with van der Waals surface area (Å²) in [6.45, 7) is 7.27. The van der Waals surface area contributed by atoms with E-state index in [-0.39, 0.29) is 12.0 Å². The van der Waals surface area contributed by atoms with Gasteiger partial charge in [0.2, 0.25) is 5.91 Å². The average Bonchev–Trinajstić information content (AvgIpc) is 2.68. The number of rotatable bonds is 6. The van der Waals surface area contributed by atoms with Crippen LogP contribution in [0.15, 0.2) is 48.5 Å². The van der Waals surface area contributed by atoms with Gasteiger partial charge < -0.3 is 4.90 Å². The van der Waals surface area contributed by atoms with Gasteiger partial charge in [-0.1, -0.05) is 80.8 Å². The highest BCUT2D eigenvalue weighted by Crippen LogP contribution is 2.36. The fourth-order valence-electron chi connectivity index (χ4n) is 4.10. The van der Waals surface area contributed by atoms with Crippen molar-refractivity contribution in [2.24, 2.45) is 5.92 Å². The maximum Gasteiger partial charge on any atom is 0.226 e. The van der Waals surface area contributed by atoms with Gasteiger partial charge in [-0.05, 0) is 42.9 Å². The molecule has 138 valence electrons. The molecule has 1 heterocycles. The zero-order valence-electron chi connectivity index (χ0n) is 16.4. The summed E-state index contributed by atoms with van der Waals surface area (Å²) in [5.74, 6) is 0.481. The first-order chi connectivity index (χ1) is 12.7. The van der Waals surface area contributed by atoms with E-state index in [1.165, 1.54) is 22.3 Å². The third-order valence-corrected chi connectivity index (χ3v) is 5.71. The van der Waals surface area contributed by atoms with E-state index in [0.717, 1.165) is 38.6 Å². The van der Waals surface area contributed by atoms with E-state index in [0.29, 0.717) is 5.91 Å². The van der Waals surface area contributed by atoms with E-state index in [1.54, 1.807) is 0 Å². The summed E-state index contributed by atoms with van der Waals surface area (Å²) >= 11 is 0. The Hall–Kier alpha value is -2.09. The lowest BCUT2D eigenvalue weighted by Gasteiger charge is -2.39. The minimum Gasteiger partial charge on any atom is -0.331 e. The van der Waals surface area contributed by atoms with Crippen LogP contribution in [0.2, 0.25) is 0 Å². The molecular weight excluding hydrogens is 318 g/mol. The van der Waals surface area contributed by atoms with Crippen LogP contribution in [0, 0.1) is 12.8 Å². The summed E-state index contributed by atoms with van der Waals surface area (Å²) in [6, 6.07) is 17.4. The molecule has 2 nitrogen and oxygen atoms in total. The third-order valence-electron chi connectivity index (χ3n) is 5.71. The van der Waals surface area contributed by atoms with E-state index >= 15 is 0 Å². The topological polar surface area (TPSA) is 20.3 Å². The van der Waals surface area contributed by atoms with Crippen LogP contribution in [-0.2, 0) is 11.2 Å². The molecule has 0 unspecified atom stereocenters. The SMILES string of the molecule is CCCC[C@@H](CC)C(=O)N1CCc2ccccc2[C@@H]1c1ccc(C)cc1. The number of hydrogen-bond donors (Lipinski definition) is 0. The highest BCUT2D eigenvalue weighted by Gasteiger charge is 2.34. The van der Waals surface area contributed by atoms with Crippen LogP contribution in [0.4, 0.5) is 0 Å². The fraction of sp³-hybridized carbons (Fsp3) is 0.458. The lowest BCUT2D eigenvalue weighted by molar-refractivity contribution is -0.138. The lowest BCUT2D eigenvalue weighted by atomic mass is 9.86. The maximum absolute atomic E-state index is 13.4. The Labute approximate surface area is 158 Å². The van der Waals surface area contributed by atoms with E-state index in [1.807, 2.05) is 0 Å². The molecule has 0 aliphatic carbocycles. The normalized spacial score (nSPS) is 17.7. The van der Waals surface area contributed by atoms with Gasteiger partial charge in [0.25, 0.3) is 0 Å². The second-order valence-corrected chi connectivity index (χ2v) is 7.54. The van der Waals surface area contributed by atoms with Gasteiger partial charge in [-0.25, -0.2) is 0 Å². The van der Waals surface area contributed by atoms with Crippen molar-refractivity contribution in [1.82, 2.24) is 4.90 Å². The summed E-state index contributed by atoms with van der Waals surface area (Å²) < 4.78 is 0. The molecule has 0 fully saturated rings. The van der Waals surface area contributed by atoms with Crippen molar-refractivity contribution in [3.05, 3.63) is 70.8 Å². The van der Waals surface area contributed by atoms with Crippen molar-refractivity contribution in [2.75, 3.05) is 6.54 Å². The van der Waals surface area contributed by atoms with Crippen LogP contribution < -0.4 is 0 Å². The van der Waals surface area contributed by atoms with Gasteiger partial charge in [-0.15, -0.1) is 0 Å². The van der Waals surface area contributed by atoms with Crippen LogP contribution in [0.25, 0.3) is 0 Å². The second kappa shape index (κ2) is 8.53. The van der Waals surface area contributed by atoms with Gasteiger partial charge in [0.1, 0.15) is 0 Å². The molecule has 2 atom stereocenters. The first kappa shape index (κ1) is 18.7. The Kier molecular flexibility index (Phi) is 6.13. The minimum atomic E-state index is 0.0451. The van der Waals surface area contributed by atoms with E-state index < -0.39 is 0 Å². The fourth-order valence-corrected chi connectivity index (χ4v) is 4.10. The van der Waals surface area contributed by atoms with Gasteiger partial charge in [-0.2, -0.15) is 0 Å². The second-order valence-electron chi connectivity index (χ2n) is 7.54. The van der Waals surface area contributed by atoms with Gasteiger partial charge in [-0.3, -0.25) is 4.79 Å². The zero-order chi connectivity index (χ0) is 18.5. The van der Waals surface area contributed by atoms with Crippen molar-refractivity contribution in [2.45, 2.75) is 58.9 Å². The number of nitrogens with zero attached hydrogens (tertiary/aromatic N) is 1. The van der Waals surface area contributed by atoms with Gasteiger partial charge in [0.15, 0.2) is 0 Å². The van der Waals surface area contributed by atoms with Gasteiger partial charge >= 0.3 is 0 Å². The standard InChI is InChI=1S/C24H31NO/c1-4-6-9-19(5-2)24(26)25-17-16-20-10-7-8-11-22(20)23(25)21-14-12-18(3)13-15-21/h7-8,10-15,19,23H,4-6,9,16-17H2,1-3H3/t19-,23+/m1/s1. The highest BCUT2D eigenvalue weighted by atomic mass is 16.2. The summed E-state index contributed by atoms with van der Waals surface area (Å²) in [5.41, 5.74) is 5.15. The molecule has 0 radical (unpaired) electrons. The lowest BCUT2D eigenvalue weighted by Crippen LogP contribution is -2.43. The molecule has 2 heteroatoms. The van der Waals surface area contributed by atoms with Crippen molar-refractivity contribution in [3.8, 4) is 0 Å². The molecule has 1 aliphatic heterocycles. The van der Waals surface area contributed by atoms with E-state index in [4.69, 9.17) is 0 Å². The van der Waals surface area contributed by atoms with Crippen molar-refractivity contribution < 1.29 is 4.79 Å². The Morgan fingerprint density at radius 1 is 1.12 bits per heavy atom. The maximum atomic E-state index is 13.4. The number of amides is 1. The van der Waals surface area contributed by atoms with Gasteiger partial charge in [0, 0.05) is 12.5 Å². The highest BCUT2D eigenvalue weighted by molar-refractivity contribution is 5.80. The molecular formula is C24H31NO. The summed E-state index contributed by atoms with van der Waals surface area (Å²) in [6.07, 6.45) is 5.16. The van der Waals surface area contributed by atoms with Crippen LogP contribution >= 0.6 is 0 Å². The molecule has 0 saturated carbocycles. The largest absolute Gasteiger partial charge is 0.331 e. The zero-order valence-corrected chi connectivity index (χ0v) is 16.4. The summed E-state index contributed by atoms with van der Waals surface area (Å²) in [5, 5.41) is 0. The molecule has 0 aromatic heterocycles. The number of carbonyl (C=O) groups is 1. The summed E-state index contributed by atoms with van der Waals surface area (Å²) in [7, 11) is 0. The Morgan fingerprint density at radius 3 is 2.54 bits per heavy atom. The molecule has 0 bridgehead atoms. The van der Waals surface area contributed by atoms with Crippen LogP contribution in [0.3, 0.4) is 0 Å². The Balaban J connectivity index is 1.98. The predicted molar refractivity (Wildman–Crippen MR) is 108 cm³/mol. The average molecular weight is 350 g/mol. The van der Waals surface area contributed by atoms with Gasteiger partial charge in [0.05, 0.1) is 6.04 Å². The first-order valence-electron chi connectivity index (χ1n) is 10.1. The van der Waals surface area contributed by atoms with Crippen LogP contribution in [-0.4, -0.2) is 17.4 Å². The predicted octanol–water partition coefficient (Wildman–Crippen LogP) is 5.69. The monoisotopic (exact) mass is 349 g/mol. The van der Waals surface area contributed by atoms with E-state index in [9.17, 15) is 4.79 Å².